The van der Waals surface area contributed by atoms with Gasteiger partial charge in [0.15, 0.2) is 0 Å². The van der Waals surface area contributed by atoms with Crippen LogP contribution in [-0.4, -0.2) is 34.1 Å². The lowest BCUT2D eigenvalue weighted by atomic mass is 10.2. The number of aromatic nitrogens is 2. The number of carboxylic acid groups (broad SMARTS) is 1. The van der Waals surface area contributed by atoms with Gasteiger partial charge in [0.25, 0.3) is 0 Å². The second-order valence-electron chi connectivity index (χ2n) is 4.11. The summed E-state index contributed by atoms with van der Waals surface area (Å²) < 4.78 is 7.35. The Kier molecular flexibility index (Phi) is 5.69. The fourth-order valence-electron chi connectivity index (χ4n) is 1.63. The van der Waals surface area contributed by atoms with Crippen molar-refractivity contribution in [2.24, 2.45) is 0 Å². The van der Waals surface area contributed by atoms with E-state index in [1.165, 1.54) is 0 Å². The molecule has 96 valence electrons. The van der Waals surface area contributed by atoms with Crippen LogP contribution < -0.4 is 0 Å². The number of aliphatic carboxylic acids is 1. The molecule has 0 aromatic carbocycles. The lowest BCUT2D eigenvalue weighted by molar-refractivity contribution is -0.137. The van der Waals surface area contributed by atoms with E-state index in [1.807, 2.05) is 24.6 Å². The van der Waals surface area contributed by atoms with Crippen molar-refractivity contribution in [3.8, 4) is 0 Å². The molecule has 1 aromatic rings. The number of carbonyl (C=O) groups is 1. The number of hydrogen-bond donors (Lipinski definition) is 1. The van der Waals surface area contributed by atoms with Crippen LogP contribution in [0, 0.1) is 13.8 Å². The molecule has 1 heterocycles. The monoisotopic (exact) mass is 240 g/mol. The van der Waals surface area contributed by atoms with Crippen LogP contribution in [0.2, 0.25) is 0 Å². The van der Waals surface area contributed by atoms with E-state index in [4.69, 9.17) is 9.84 Å². The third-order valence-electron chi connectivity index (χ3n) is 2.48. The minimum Gasteiger partial charge on any atom is -0.481 e. The van der Waals surface area contributed by atoms with E-state index < -0.39 is 5.97 Å². The van der Waals surface area contributed by atoms with Gasteiger partial charge < -0.3 is 9.84 Å². The summed E-state index contributed by atoms with van der Waals surface area (Å²) in [6.07, 6.45) is 1.69. The molecule has 0 saturated heterocycles. The molecule has 17 heavy (non-hydrogen) atoms. The minimum atomic E-state index is -0.743. The molecule has 5 nitrogen and oxygen atoms in total. The van der Waals surface area contributed by atoms with Gasteiger partial charge in [0.1, 0.15) is 0 Å². The van der Waals surface area contributed by atoms with Gasteiger partial charge in [-0.25, -0.2) is 0 Å². The second-order valence-corrected chi connectivity index (χ2v) is 4.11. The summed E-state index contributed by atoms with van der Waals surface area (Å²) in [6.45, 7) is 5.98. The fourth-order valence-corrected chi connectivity index (χ4v) is 1.63. The standard InChI is InChI=1S/C12H20N2O3/c1-10-9-11(2)14(13-10)6-8-17-7-4-3-5-12(15)16/h9H,3-8H2,1-2H3,(H,15,16). The number of nitrogens with zero attached hydrogens (tertiary/aromatic N) is 2. The normalized spacial score (nSPS) is 10.7. The summed E-state index contributed by atoms with van der Waals surface area (Å²) in [5, 5.41) is 12.8. The Labute approximate surface area is 101 Å². The van der Waals surface area contributed by atoms with Gasteiger partial charge in [0.2, 0.25) is 0 Å². The van der Waals surface area contributed by atoms with Gasteiger partial charge in [-0.1, -0.05) is 0 Å². The largest absolute Gasteiger partial charge is 0.481 e. The first-order valence-electron chi connectivity index (χ1n) is 5.90. The summed E-state index contributed by atoms with van der Waals surface area (Å²) in [5.41, 5.74) is 2.15. The lowest BCUT2D eigenvalue weighted by Crippen LogP contribution is -2.09. The van der Waals surface area contributed by atoms with E-state index in [0.29, 0.717) is 19.6 Å². The van der Waals surface area contributed by atoms with Gasteiger partial charge in [0.05, 0.1) is 18.8 Å². The van der Waals surface area contributed by atoms with Gasteiger partial charge in [-0.15, -0.1) is 0 Å². The molecule has 0 atom stereocenters. The molecule has 0 saturated carbocycles. The topological polar surface area (TPSA) is 64.3 Å². The van der Waals surface area contributed by atoms with E-state index >= 15 is 0 Å². The van der Waals surface area contributed by atoms with Crippen molar-refractivity contribution in [3.63, 3.8) is 0 Å². The summed E-state index contributed by atoms with van der Waals surface area (Å²) in [5.74, 6) is -0.743. The summed E-state index contributed by atoms with van der Waals surface area (Å²) in [7, 11) is 0. The average molecular weight is 240 g/mol. The average Bonchev–Trinajstić information content (AvgIpc) is 2.55. The van der Waals surface area contributed by atoms with Gasteiger partial charge in [-0.2, -0.15) is 5.10 Å². The molecular formula is C12H20N2O3. The van der Waals surface area contributed by atoms with Crippen molar-refractivity contribution in [1.29, 1.82) is 0 Å². The Morgan fingerprint density at radius 2 is 2.18 bits per heavy atom. The van der Waals surface area contributed by atoms with E-state index in [9.17, 15) is 4.79 Å². The number of unbranched alkanes of at least 4 members (excludes halogenated alkanes) is 1. The first kappa shape index (κ1) is 13.7. The van der Waals surface area contributed by atoms with Crippen LogP contribution in [0.5, 0.6) is 0 Å². The molecule has 0 fully saturated rings. The third kappa shape index (κ3) is 5.49. The molecule has 1 aromatic heterocycles. The Balaban J connectivity index is 2.04. The SMILES string of the molecule is Cc1cc(C)n(CCOCCCCC(=O)O)n1. The van der Waals surface area contributed by atoms with E-state index in [2.05, 4.69) is 5.10 Å². The number of hydrogen-bond acceptors (Lipinski definition) is 3. The number of aryl methyl sites for hydroxylation is 2. The first-order chi connectivity index (χ1) is 8.09. The fraction of sp³-hybridized carbons (Fsp3) is 0.667. The highest BCUT2D eigenvalue weighted by molar-refractivity contribution is 5.66. The van der Waals surface area contributed by atoms with E-state index in [0.717, 1.165) is 24.4 Å². The minimum absolute atomic E-state index is 0.223. The lowest BCUT2D eigenvalue weighted by Gasteiger charge is -2.05. The van der Waals surface area contributed by atoms with Gasteiger partial charge in [0, 0.05) is 18.7 Å². The smallest absolute Gasteiger partial charge is 0.303 e. The number of ether oxygens (including phenoxy) is 1. The van der Waals surface area contributed by atoms with Crippen molar-refractivity contribution >= 4 is 5.97 Å². The maximum atomic E-state index is 10.3. The van der Waals surface area contributed by atoms with Crippen molar-refractivity contribution in [2.45, 2.75) is 39.7 Å². The molecule has 0 bridgehead atoms. The molecular weight excluding hydrogens is 220 g/mol. The van der Waals surface area contributed by atoms with Crippen LogP contribution >= 0.6 is 0 Å². The Bertz CT molecular complexity index is 361. The highest BCUT2D eigenvalue weighted by Gasteiger charge is 2.00. The van der Waals surface area contributed by atoms with Crippen LogP contribution in [0.15, 0.2) is 6.07 Å². The predicted molar refractivity (Wildman–Crippen MR) is 64.0 cm³/mol. The summed E-state index contributed by atoms with van der Waals surface area (Å²) in [4.78, 5) is 10.3. The Morgan fingerprint density at radius 1 is 1.41 bits per heavy atom. The highest BCUT2D eigenvalue weighted by Crippen LogP contribution is 2.01. The Hall–Kier alpha value is -1.36. The molecule has 0 aliphatic rings. The van der Waals surface area contributed by atoms with Crippen LogP contribution in [0.4, 0.5) is 0 Å². The maximum absolute atomic E-state index is 10.3. The van der Waals surface area contributed by atoms with Gasteiger partial charge in [-0.3, -0.25) is 9.48 Å². The molecule has 0 aliphatic carbocycles. The third-order valence-corrected chi connectivity index (χ3v) is 2.48. The van der Waals surface area contributed by atoms with Crippen LogP contribution in [0.25, 0.3) is 0 Å². The van der Waals surface area contributed by atoms with E-state index in [1.54, 1.807) is 0 Å². The Morgan fingerprint density at radius 3 is 2.76 bits per heavy atom. The zero-order chi connectivity index (χ0) is 12.7. The van der Waals surface area contributed by atoms with Crippen LogP contribution in [0.3, 0.4) is 0 Å². The first-order valence-corrected chi connectivity index (χ1v) is 5.90. The van der Waals surface area contributed by atoms with Crippen molar-refractivity contribution in [1.82, 2.24) is 9.78 Å². The number of rotatable bonds is 8. The molecule has 0 radical (unpaired) electrons. The maximum Gasteiger partial charge on any atom is 0.303 e. The zero-order valence-corrected chi connectivity index (χ0v) is 10.5. The summed E-state index contributed by atoms with van der Waals surface area (Å²) in [6, 6.07) is 2.03. The second kappa shape index (κ2) is 7.06. The van der Waals surface area contributed by atoms with E-state index in [-0.39, 0.29) is 6.42 Å². The van der Waals surface area contributed by atoms with Crippen molar-refractivity contribution in [2.75, 3.05) is 13.2 Å². The van der Waals surface area contributed by atoms with Crippen LogP contribution in [0.1, 0.15) is 30.7 Å². The van der Waals surface area contributed by atoms with Gasteiger partial charge >= 0.3 is 5.97 Å². The quantitative estimate of drug-likeness (QED) is 0.703. The van der Waals surface area contributed by atoms with Gasteiger partial charge in [-0.05, 0) is 32.8 Å². The molecule has 0 unspecified atom stereocenters. The molecule has 0 spiro atoms. The number of carboxylic acids is 1. The summed E-state index contributed by atoms with van der Waals surface area (Å²) >= 11 is 0. The zero-order valence-electron chi connectivity index (χ0n) is 10.5. The molecule has 1 rings (SSSR count). The molecule has 5 heteroatoms. The molecule has 1 N–H and O–H groups in total. The van der Waals surface area contributed by atoms with Crippen molar-refractivity contribution < 1.29 is 14.6 Å². The predicted octanol–water partition coefficient (Wildman–Crippen LogP) is 1.77. The molecule has 0 aliphatic heterocycles. The van der Waals surface area contributed by atoms with Crippen molar-refractivity contribution in [3.05, 3.63) is 17.5 Å². The molecule has 0 amide bonds. The highest BCUT2D eigenvalue weighted by atomic mass is 16.5. The van der Waals surface area contributed by atoms with Crippen LogP contribution in [-0.2, 0) is 16.1 Å².